The van der Waals surface area contributed by atoms with Crippen molar-refractivity contribution in [1.29, 1.82) is 0 Å². The van der Waals surface area contributed by atoms with Crippen molar-refractivity contribution in [3.05, 3.63) is 60.2 Å². The molecule has 25 heavy (non-hydrogen) atoms. The predicted octanol–water partition coefficient (Wildman–Crippen LogP) is 2.57. The summed E-state index contributed by atoms with van der Waals surface area (Å²) in [7, 11) is 0. The first-order chi connectivity index (χ1) is 12.0. The van der Waals surface area contributed by atoms with Gasteiger partial charge in [0.25, 0.3) is 5.91 Å². The zero-order valence-corrected chi connectivity index (χ0v) is 12.6. The minimum absolute atomic E-state index is 0.0718. The van der Waals surface area contributed by atoms with Gasteiger partial charge in [-0.3, -0.25) is 19.9 Å². The normalized spacial score (nSPS) is 17.9. The van der Waals surface area contributed by atoms with Crippen LogP contribution in [0.2, 0.25) is 0 Å². The first kappa shape index (κ1) is 16.4. The molecule has 3 rings (SSSR count). The number of barbiturate groups is 1. The number of para-hydroxylation sites is 2. The molecule has 2 aromatic rings. The number of rotatable bonds is 3. The standard InChI is InChI=1S/C17H11F2N3O3/c18-11-5-1-3-7-13(11)20-9-10-15(23)21-17(25)22(16(10)24)14-8-4-2-6-12(14)19/h1-10H,(H,21,23,25)/t10-/m1/s1. The Hall–Kier alpha value is -3.42. The third-order valence-corrected chi connectivity index (χ3v) is 3.51. The van der Waals surface area contributed by atoms with Crippen molar-refractivity contribution < 1.29 is 23.2 Å². The molecule has 1 aliphatic rings. The number of urea groups is 1. The summed E-state index contributed by atoms with van der Waals surface area (Å²) in [6, 6.07) is 9.62. The van der Waals surface area contributed by atoms with Crippen molar-refractivity contribution in [2.45, 2.75) is 0 Å². The molecule has 4 amide bonds. The van der Waals surface area contributed by atoms with Crippen LogP contribution in [0.5, 0.6) is 0 Å². The zero-order chi connectivity index (χ0) is 18.0. The maximum atomic E-state index is 13.9. The molecule has 0 aromatic heterocycles. The number of hydrogen-bond acceptors (Lipinski definition) is 4. The molecule has 6 nitrogen and oxygen atoms in total. The molecule has 0 saturated carbocycles. The molecule has 1 fully saturated rings. The molecule has 0 spiro atoms. The Kier molecular flexibility index (Phi) is 4.34. The largest absolute Gasteiger partial charge is 0.335 e. The van der Waals surface area contributed by atoms with Crippen molar-refractivity contribution in [3.8, 4) is 0 Å². The van der Waals surface area contributed by atoms with E-state index in [9.17, 15) is 23.2 Å². The molecule has 0 unspecified atom stereocenters. The molecule has 126 valence electrons. The Labute approximate surface area is 140 Å². The van der Waals surface area contributed by atoms with Gasteiger partial charge < -0.3 is 0 Å². The Balaban J connectivity index is 1.94. The summed E-state index contributed by atoms with van der Waals surface area (Å²) in [5.41, 5.74) is -0.362. The van der Waals surface area contributed by atoms with Crippen LogP contribution >= 0.6 is 0 Å². The monoisotopic (exact) mass is 343 g/mol. The van der Waals surface area contributed by atoms with Gasteiger partial charge in [0.15, 0.2) is 5.92 Å². The van der Waals surface area contributed by atoms with E-state index in [0.29, 0.717) is 4.90 Å². The van der Waals surface area contributed by atoms with Crippen molar-refractivity contribution >= 4 is 35.4 Å². The number of benzene rings is 2. The third-order valence-electron chi connectivity index (χ3n) is 3.51. The highest BCUT2D eigenvalue weighted by molar-refractivity contribution is 6.32. The van der Waals surface area contributed by atoms with Crippen LogP contribution in [0.1, 0.15) is 0 Å². The first-order valence-electron chi connectivity index (χ1n) is 7.21. The van der Waals surface area contributed by atoms with E-state index in [2.05, 4.69) is 4.99 Å². The van der Waals surface area contributed by atoms with Crippen molar-refractivity contribution in [3.63, 3.8) is 0 Å². The van der Waals surface area contributed by atoms with Gasteiger partial charge in [-0.15, -0.1) is 0 Å². The van der Waals surface area contributed by atoms with Crippen LogP contribution in [0.3, 0.4) is 0 Å². The average Bonchev–Trinajstić information content (AvgIpc) is 2.57. The molecule has 0 bridgehead atoms. The number of imide groups is 2. The fraction of sp³-hybridized carbons (Fsp3) is 0.0588. The number of hydrogen-bond donors (Lipinski definition) is 1. The van der Waals surface area contributed by atoms with E-state index in [0.717, 1.165) is 12.3 Å². The molecular formula is C17H11F2N3O3. The van der Waals surface area contributed by atoms with Crippen molar-refractivity contribution in [2.75, 3.05) is 4.90 Å². The molecule has 2 aromatic carbocycles. The second-order valence-corrected chi connectivity index (χ2v) is 5.13. The van der Waals surface area contributed by atoms with Crippen molar-refractivity contribution in [1.82, 2.24) is 5.32 Å². The lowest BCUT2D eigenvalue weighted by Crippen LogP contribution is -2.58. The van der Waals surface area contributed by atoms with E-state index < -0.39 is 35.4 Å². The van der Waals surface area contributed by atoms with E-state index in [-0.39, 0.29) is 11.4 Å². The highest BCUT2D eigenvalue weighted by atomic mass is 19.1. The summed E-state index contributed by atoms with van der Waals surface area (Å²) >= 11 is 0. The molecular weight excluding hydrogens is 332 g/mol. The summed E-state index contributed by atoms with van der Waals surface area (Å²) in [4.78, 5) is 40.7. The van der Waals surface area contributed by atoms with Gasteiger partial charge in [0, 0.05) is 6.21 Å². The van der Waals surface area contributed by atoms with Crippen LogP contribution in [0, 0.1) is 17.6 Å². The minimum atomic E-state index is -1.49. The Morgan fingerprint density at radius 2 is 1.60 bits per heavy atom. The highest BCUT2D eigenvalue weighted by Gasteiger charge is 2.41. The number of anilines is 1. The summed E-state index contributed by atoms with van der Waals surface area (Å²) in [5.74, 6) is -4.81. The smallest absolute Gasteiger partial charge is 0.276 e. The van der Waals surface area contributed by atoms with Gasteiger partial charge in [0.05, 0.1) is 11.4 Å². The van der Waals surface area contributed by atoms with Crippen molar-refractivity contribution in [2.24, 2.45) is 10.9 Å². The second kappa shape index (κ2) is 6.60. The zero-order valence-electron chi connectivity index (χ0n) is 12.6. The lowest BCUT2D eigenvalue weighted by molar-refractivity contribution is -0.131. The topological polar surface area (TPSA) is 78.8 Å². The van der Waals surface area contributed by atoms with Crippen LogP contribution in [0.25, 0.3) is 0 Å². The fourth-order valence-corrected chi connectivity index (χ4v) is 2.29. The maximum Gasteiger partial charge on any atom is 0.335 e. The minimum Gasteiger partial charge on any atom is -0.276 e. The number of nitrogens with one attached hydrogen (secondary N) is 1. The predicted molar refractivity (Wildman–Crippen MR) is 85.5 cm³/mol. The molecule has 1 atom stereocenters. The number of carbonyl (C=O) groups is 3. The Bertz CT molecular complexity index is 898. The second-order valence-electron chi connectivity index (χ2n) is 5.13. The van der Waals surface area contributed by atoms with Crippen LogP contribution in [-0.2, 0) is 9.59 Å². The van der Waals surface area contributed by atoms with Gasteiger partial charge in [-0.25, -0.2) is 18.5 Å². The first-order valence-corrected chi connectivity index (χ1v) is 7.21. The van der Waals surface area contributed by atoms with Crippen LogP contribution in [-0.4, -0.2) is 24.1 Å². The van der Waals surface area contributed by atoms with E-state index in [4.69, 9.17) is 0 Å². The quantitative estimate of drug-likeness (QED) is 0.687. The number of halogens is 2. The number of nitrogens with zero attached hydrogens (tertiary/aromatic N) is 2. The number of aliphatic imine (C=N–C) groups is 1. The lowest BCUT2D eigenvalue weighted by atomic mass is 10.1. The van der Waals surface area contributed by atoms with E-state index in [1.807, 2.05) is 5.32 Å². The molecule has 1 N–H and O–H groups in total. The Morgan fingerprint density at radius 3 is 2.28 bits per heavy atom. The lowest BCUT2D eigenvalue weighted by Gasteiger charge is -2.28. The molecule has 8 heteroatoms. The number of carbonyl (C=O) groups excluding carboxylic acids is 3. The number of amides is 4. The maximum absolute atomic E-state index is 13.9. The molecule has 1 aliphatic heterocycles. The van der Waals surface area contributed by atoms with Gasteiger partial charge >= 0.3 is 6.03 Å². The SMILES string of the molecule is O=C1NC(=O)N(c2ccccc2F)C(=O)[C@@H]1C=Nc1ccccc1F. The van der Waals surface area contributed by atoms with E-state index in [1.54, 1.807) is 0 Å². The van der Waals surface area contributed by atoms with Crippen LogP contribution < -0.4 is 10.2 Å². The van der Waals surface area contributed by atoms with Crippen LogP contribution in [0.15, 0.2) is 53.5 Å². The molecule has 1 saturated heterocycles. The summed E-state index contributed by atoms with van der Waals surface area (Å²) in [6.07, 6.45) is 0.927. The molecule has 0 aliphatic carbocycles. The summed E-state index contributed by atoms with van der Waals surface area (Å²) in [6.45, 7) is 0. The third kappa shape index (κ3) is 3.14. The van der Waals surface area contributed by atoms with Gasteiger partial charge in [-0.1, -0.05) is 24.3 Å². The summed E-state index contributed by atoms with van der Waals surface area (Å²) in [5, 5.41) is 1.96. The molecule has 0 radical (unpaired) electrons. The molecule has 1 heterocycles. The van der Waals surface area contributed by atoms with Gasteiger partial charge in [-0.2, -0.15) is 0 Å². The average molecular weight is 343 g/mol. The van der Waals surface area contributed by atoms with Gasteiger partial charge in [0.1, 0.15) is 11.6 Å². The fourth-order valence-electron chi connectivity index (χ4n) is 2.29. The van der Waals surface area contributed by atoms with Gasteiger partial charge in [0.2, 0.25) is 5.91 Å². The highest BCUT2D eigenvalue weighted by Crippen LogP contribution is 2.24. The van der Waals surface area contributed by atoms with Gasteiger partial charge in [-0.05, 0) is 24.3 Å². The van der Waals surface area contributed by atoms with E-state index in [1.165, 1.54) is 42.5 Å². The van der Waals surface area contributed by atoms with Crippen LogP contribution in [0.4, 0.5) is 25.0 Å². The summed E-state index contributed by atoms with van der Waals surface area (Å²) < 4.78 is 27.5. The Morgan fingerprint density at radius 1 is 0.960 bits per heavy atom. The van der Waals surface area contributed by atoms with E-state index >= 15 is 0 Å².